The number of aliphatic carboxylic acids is 1. The zero-order valence-electron chi connectivity index (χ0n) is 12.5. The molecule has 0 aliphatic carbocycles. The Balaban J connectivity index is 3.98. The predicted molar refractivity (Wildman–Crippen MR) is 76.2 cm³/mol. The molecule has 0 aromatic heterocycles. The summed E-state index contributed by atoms with van der Waals surface area (Å²) < 4.78 is 0. The number of carbonyl (C=O) groups excluding carboxylic acids is 1. The molecule has 0 rings (SSSR count). The van der Waals surface area contributed by atoms with Gasteiger partial charge in [-0.3, -0.25) is 0 Å². The molecule has 3 N–H and O–H groups in total. The Morgan fingerprint density at radius 1 is 1.05 bits per heavy atom. The van der Waals surface area contributed by atoms with Gasteiger partial charge < -0.3 is 15.7 Å². The van der Waals surface area contributed by atoms with Gasteiger partial charge in [0.15, 0.2) is 0 Å². The number of unbranched alkanes of at least 4 members (excludes halogenated alkanes) is 3. The van der Waals surface area contributed by atoms with E-state index < -0.39 is 18.0 Å². The highest BCUT2D eigenvalue weighted by atomic mass is 16.4. The van der Waals surface area contributed by atoms with Gasteiger partial charge in [0.1, 0.15) is 6.04 Å². The fourth-order valence-electron chi connectivity index (χ4n) is 1.87. The maximum atomic E-state index is 11.7. The minimum Gasteiger partial charge on any atom is -0.480 e. The molecule has 0 spiro atoms. The van der Waals surface area contributed by atoms with Crippen LogP contribution in [-0.4, -0.2) is 29.2 Å². The van der Waals surface area contributed by atoms with Crippen LogP contribution >= 0.6 is 0 Å². The van der Waals surface area contributed by atoms with Gasteiger partial charge in [-0.15, -0.1) is 0 Å². The summed E-state index contributed by atoms with van der Waals surface area (Å²) in [5.74, 6) is -1.14. The van der Waals surface area contributed by atoms with Gasteiger partial charge in [0.25, 0.3) is 0 Å². The van der Waals surface area contributed by atoms with E-state index in [0.717, 1.165) is 12.8 Å². The minimum absolute atomic E-state index is 0.0680. The second-order valence-electron chi connectivity index (χ2n) is 5.43. The molecule has 2 atom stereocenters. The number of carbonyl (C=O) groups is 2. The molecule has 5 heteroatoms. The van der Waals surface area contributed by atoms with Crippen LogP contribution in [0.1, 0.15) is 59.8 Å². The molecule has 5 nitrogen and oxygen atoms in total. The summed E-state index contributed by atoms with van der Waals surface area (Å²) in [6.07, 6.45) is 5.59. The summed E-state index contributed by atoms with van der Waals surface area (Å²) in [6, 6.07) is -1.17. The normalized spacial score (nSPS) is 13.9. The number of rotatable bonds is 9. The summed E-state index contributed by atoms with van der Waals surface area (Å²) in [7, 11) is 0. The van der Waals surface area contributed by atoms with Crippen LogP contribution in [0, 0.1) is 5.92 Å². The number of urea groups is 1. The average Bonchev–Trinajstić information content (AvgIpc) is 2.31. The molecule has 0 saturated heterocycles. The Bertz CT molecular complexity index is 280. The van der Waals surface area contributed by atoms with Crippen molar-refractivity contribution in [1.82, 2.24) is 10.6 Å². The Labute approximate surface area is 116 Å². The van der Waals surface area contributed by atoms with E-state index in [1.807, 2.05) is 6.92 Å². The van der Waals surface area contributed by atoms with E-state index in [4.69, 9.17) is 5.11 Å². The van der Waals surface area contributed by atoms with E-state index >= 15 is 0 Å². The minimum atomic E-state index is -0.999. The van der Waals surface area contributed by atoms with Crippen LogP contribution in [0.25, 0.3) is 0 Å². The summed E-state index contributed by atoms with van der Waals surface area (Å²) in [5.41, 5.74) is 0. The van der Waals surface area contributed by atoms with E-state index in [1.54, 1.807) is 13.8 Å². The predicted octanol–water partition coefficient (Wildman–Crippen LogP) is 2.75. The van der Waals surface area contributed by atoms with Gasteiger partial charge in [-0.1, -0.05) is 46.5 Å². The number of hydrogen-bond donors (Lipinski definition) is 3. The van der Waals surface area contributed by atoms with Gasteiger partial charge in [-0.25, -0.2) is 9.59 Å². The van der Waals surface area contributed by atoms with Gasteiger partial charge in [0, 0.05) is 6.04 Å². The third kappa shape index (κ3) is 8.46. The topological polar surface area (TPSA) is 78.4 Å². The second-order valence-corrected chi connectivity index (χ2v) is 5.43. The Hall–Kier alpha value is -1.26. The van der Waals surface area contributed by atoms with Crippen molar-refractivity contribution in [3.63, 3.8) is 0 Å². The van der Waals surface area contributed by atoms with Crippen LogP contribution < -0.4 is 10.6 Å². The van der Waals surface area contributed by atoms with Crippen LogP contribution in [0.5, 0.6) is 0 Å². The van der Waals surface area contributed by atoms with Crippen molar-refractivity contribution >= 4 is 12.0 Å². The molecule has 19 heavy (non-hydrogen) atoms. The van der Waals surface area contributed by atoms with Crippen molar-refractivity contribution < 1.29 is 14.7 Å². The third-order valence-corrected chi connectivity index (χ3v) is 3.09. The molecule has 2 amide bonds. The van der Waals surface area contributed by atoms with Crippen LogP contribution in [0.3, 0.4) is 0 Å². The number of nitrogens with one attached hydrogen (secondary N) is 2. The van der Waals surface area contributed by atoms with E-state index in [-0.39, 0.29) is 12.0 Å². The molecule has 0 fully saturated rings. The number of carboxylic acid groups (broad SMARTS) is 1. The lowest BCUT2D eigenvalue weighted by Crippen LogP contribution is -2.50. The smallest absolute Gasteiger partial charge is 0.326 e. The molecule has 0 aromatic carbocycles. The van der Waals surface area contributed by atoms with Gasteiger partial charge in [0.2, 0.25) is 0 Å². The molecule has 0 bridgehead atoms. The van der Waals surface area contributed by atoms with Crippen LogP contribution in [0.2, 0.25) is 0 Å². The number of hydrogen-bond acceptors (Lipinski definition) is 2. The lowest BCUT2D eigenvalue weighted by atomic mass is 10.1. The van der Waals surface area contributed by atoms with Crippen molar-refractivity contribution in [2.45, 2.75) is 71.9 Å². The Kier molecular flexibility index (Phi) is 9.00. The Morgan fingerprint density at radius 2 is 1.68 bits per heavy atom. The molecule has 0 heterocycles. The zero-order valence-corrected chi connectivity index (χ0v) is 12.5. The molecule has 0 radical (unpaired) electrons. The zero-order chi connectivity index (χ0) is 14.8. The molecule has 112 valence electrons. The van der Waals surface area contributed by atoms with Crippen molar-refractivity contribution in [2.24, 2.45) is 5.92 Å². The summed E-state index contributed by atoms with van der Waals surface area (Å²) in [5, 5.41) is 14.3. The lowest BCUT2D eigenvalue weighted by Gasteiger charge is -2.20. The maximum Gasteiger partial charge on any atom is 0.326 e. The van der Waals surface area contributed by atoms with Crippen molar-refractivity contribution in [3.8, 4) is 0 Å². The summed E-state index contributed by atoms with van der Waals surface area (Å²) in [6.45, 7) is 7.64. The van der Waals surface area contributed by atoms with Gasteiger partial charge in [0.05, 0.1) is 0 Å². The quantitative estimate of drug-likeness (QED) is 0.565. The van der Waals surface area contributed by atoms with Gasteiger partial charge in [-0.2, -0.15) is 0 Å². The fraction of sp³-hybridized carbons (Fsp3) is 0.857. The molecular formula is C14H28N2O3. The fourth-order valence-corrected chi connectivity index (χ4v) is 1.87. The van der Waals surface area contributed by atoms with Crippen molar-refractivity contribution in [1.29, 1.82) is 0 Å². The molecule has 1 unspecified atom stereocenters. The molecule has 0 aliphatic rings. The first-order valence-corrected chi connectivity index (χ1v) is 7.18. The third-order valence-electron chi connectivity index (χ3n) is 3.09. The Morgan fingerprint density at radius 3 is 2.16 bits per heavy atom. The number of carboxylic acids is 1. The number of amides is 2. The lowest BCUT2D eigenvalue weighted by molar-refractivity contribution is -0.140. The van der Waals surface area contributed by atoms with E-state index in [0.29, 0.717) is 0 Å². The molecular weight excluding hydrogens is 244 g/mol. The molecule has 0 aromatic rings. The summed E-state index contributed by atoms with van der Waals surface area (Å²) >= 11 is 0. The first-order chi connectivity index (χ1) is 8.88. The van der Waals surface area contributed by atoms with Crippen LogP contribution in [0.4, 0.5) is 4.79 Å². The van der Waals surface area contributed by atoms with Crippen LogP contribution in [0.15, 0.2) is 0 Å². The standard InChI is InChI=1S/C14H28N2O3/c1-5-6-7-8-9-11(4)15-14(19)16-12(10(2)3)13(17)18/h10-12H,5-9H2,1-4H3,(H,17,18)(H2,15,16,19)/t11?,12-/m1/s1. The van der Waals surface area contributed by atoms with Crippen molar-refractivity contribution in [2.75, 3.05) is 0 Å². The van der Waals surface area contributed by atoms with Crippen molar-refractivity contribution in [3.05, 3.63) is 0 Å². The van der Waals surface area contributed by atoms with E-state index in [2.05, 4.69) is 17.6 Å². The average molecular weight is 272 g/mol. The molecule has 0 saturated carbocycles. The monoisotopic (exact) mass is 272 g/mol. The van der Waals surface area contributed by atoms with Gasteiger partial charge >= 0.3 is 12.0 Å². The SMILES string of the molecule is CCCCCCC(C)NC(=O)N[C@@H](C(=O)O)C(C)C. The highest BCUT2D eigenvalue weighted by Crippen LogP contribution is 2.05. The van der Waals surface area contributed by atoms with Gasteiger partial charge in [-0.05, 0) is 19.3 Å². The first-order valence-electron chi connectivity index (χ1n) is 7.18. The van der Waals surface area contributed by atoms with E-state index in [9.17, 15) is 9.59 Å². The summed E-state index contributed by atoms with van der Waals surface area (Å²) in [4.78, 5) is 22.6. The molecule has 0 aliphatic heterocycles. The van der Waals surface area contributed by atoms with Crippen LogP contribution in [-0.2, 0) is 4.79 Å². The maximum absolute atomic E-state index is 11.7. The highest BCUT2D eigenvalue weighted by molar-refractivity contribution is 5.82. The highest BCUT2D eigenvalue weighted by Gasteiger charge is 2.23. The van der Waals surface area contributed by atoms with E-state index in [1.165, 1.54) is 19.3 Å². The second kappa shape index (κ2) is 9.64. The largest absolute Gasteiger partial charge is 0.480 e. The first kappa shape index (κ1) is 17.7.